The zero-order chi connectivity index (χ0) is 14.0. The Morgan fingerprint density at radius 2 is 1.67 bits per heavy atom. The highest BCUT2D eigenvalue weighted by molar-refractivity contribution is 7.90. The van der Waals surface area contributed by atoms with Crippen molar-refractivity contribution in [2.45, 2.75) is 38.1 Å². The number of benzene rings is 1. The monoisotopic (exact) mass is 269 g/mol. The number of nitrogens with one attached hydrogen (secondary N) is 1. The molecule has 0 fully saturated rings. The lowest BCUT2D eigenvalue weighted by Gasteiger charge is -2.30. The van der Waals surface area contributed by atoms with Gasteiger partial charge in [-0.05, 0) is 36.6 Å². The molecule has 1 rings (SSSR count). The van der Waals surface area contributed by atoms with Gasteiger partial charge >= 0.3 is 0 Å². The normalized spacial score (nSPS) is 14.5. The fourth-order valence-electron chi connectivity index (χ4n) is 1.95. The Balaban J connectivity index is 2.87. The molecule has 0 amide bonds. The van der Waals surface area contributed by atoms with Crippen LogP contribution in [0.2, 0.25) is 0 Å². The minimum atomic E-state index is -3.10. The van der Waals surface area contributed by atoms with Crippen LogP contribution in [0.3, 0.4) is 0 Å². The predicted octanol–water partition coefficient (Wildman–Crippen LogP) is 2.27. The van der Waals surface area contributed by atoms with E-state index in [1.807, 2.05) is 19.2 Å². The van der Waals surface area contributed by atoms with Crippen molar-refractivity contribution in [3.63, 3.8) is 0 Å². The van der Waals surface area contributed by atoms with Crippen LogP contribution in [0.1, 0.15) is 26.3 Å². The van der Waals surface area contributed by atoms with Gasteiger partial charge in [0.15, 0.2) is 9.84 Å². The van der Waals surface area contributed by atoms with Crippen LogP contribution < -0.4 is 5.32 Å². The highest BCUT2D eigenvalue weighted by atomic mass is 32.2. The van der Waals surface area contributed by atoms with E-state index in [4.69, 9.17) is 0 Å². The number of likely N-dealkylation sites (N-methyl/N-ethyl adjacent to an activating group) is 1. The molecular formula is C14H23NO2S. The largest absolute Gasteiger partial charge is 0.316 e. The quantitative estimate of drug-likeness (QED) is 0.912. The first-order valence-corrected chi connectivity index (χ1v) is 8.00. The molecule has 1 aromatic carbocycles. The Hall–Kier alpha value is -0.870. The Labute approximate surface area is 111 Å². The summed E-state index contributed by atoms with van der Waals surface area (Å²) in [4.78, 5) is 0.378. The summed E-state index contributed by atoms with van der Waals surface area (Å²) in [6.45, 7) is 6.58. The summed E-state index contributed by atoms with van der Waals surface area (Å²) in [7, 11) is -1.14. The summed E-state index contributed by atoms with van der Waals surface area (Å²) in [5.41, 5.74) is 1.32. The van der Waals surface area contributed by atoms with Gasteiger partial charge in [-0.3, -0.25) is 0 Å². The molecule has 0 aliphatic heterocycles. The van der Waals surface area contributed by atoms with Gasteiger partial charge in [-0.15, -0.1) is 0 Å². The third-order valence-electron chi connectivity index (χ3n) is 3.19. The summed E-state index contributed by atoms with van der Waals surface area (Å²) in [6.07, 6.45) is 2.12. The van der Waals surface area contributed by atoms with Crippen LogP contribution in [0.15, 0.2) is 29.2 Å². The van der Waals surface area contributed by atoms with E-state index in [1.54, 1.807) is 12.1 Å². The van der Waals surface area contributed by atoms with Crippen molar-refractivity contribution in [1.29, 1.82) is 0 Å². The third kappa shape index (κ3) is 4.10. The molecule has 0 radical (unpaired) electrons. The second-order valence-corrected chi connectivity index (χ2v) is 7.84. The zero-order valence-electron chi connectivity index (χ0n) is 11.8. The zero-order valence-corrected chi connectivity index (χ0v) is 12.6. The molecule has 0 aromatic heterocycles. The molecule has 1 N–H and O–H groups in total. The van der Waals surface area contributed by atoms with Crippen molar-refractivity contribution in [3.05, 3.63) is 29.8 Å². The maximum Gasteiger partial charge on any atom is 0.175 e. The Bertz CT molecular complexity index is 484. The summed E-state index contributed by atoms with van der Waals surface area (Å²) in [5.74, 6) is 0. The minimum absolute atomic E-state index is 0.171. The molecule has 4 heteroatoms. The Morgan fingerprint density at radius 1 is 1.17 bits per heavy atom. The fourth-order valence-corrected chi connectivity index (χ4v) is 2.58. The highest BCUT2D eigenvalue weighted by Gasteiger charge is 2.23. The van der Waals surface area contributed by atoms with Crippen LogP contribution in [-0.4, -0.2) is 27.8 Å². The molecule has 0 saturated heterocycles. The van der Waals surface area contributed by atoms with E-state index < -0.39 is 9.84 Å². The van der Waals surface area contributed by atoms with Crippen LogP contribution in [0.25, 0.3) is 0 Å². The van der Waals surface area contributed by atoms with Crippen LogP contribution in [-0.2, 0) is 16.3 Å². The van der Waals surface area contributed by atoms with E-state index in [0.29, 0.717) is 10.9 Å². The third-order valence-corrected chi connectivity index (χ3v) is 4.31. The second kappa shape index (κ2) is 5.41. The molecule has 1 unspecified atom stereocenters. The molecule has 0 saturated carbocycles. The average Bonchev–Trinajstić information content (AvgIpc) is 2.23. The molecule has 1 atom stereocenters. The van der Waals surface area contributed by atoms with E-state index in [-0.39, 0.29) is 5.41 Å². The first-order valence-electron chi connectivity index (χ1n) is 6.11. The van der Waals surface area contributed by atoms with Crippen LogP contribution in [0.5, 0.6) is 0 Å². The number of hydrogen-bond acceptors (Lipinski definition) is 3. The van der Waals surface area contributed by atoms with Crippen molar-refractivity contribution in [2.75, 3.05) is 13.3 Å². The fraction of sp³-hybridized carbons (Fsp3) is 0.571. The summed E-state index contributed by atoms with van der Waals surface area (Å²) in [6, 6.07) is 7.51. The van der Waals surface area contributed by atoms with Gasteiger partial charge in [0.1, 0.15) is 0 Å². The molecule has 1 aromatic rings. The molecule has 102 valence electrons. The van der Waals surface area contributed by atoms with Crippen molar-refractivity contribution in [1.82, 2.24) is 5.32 Å². The van der Waals surface area contributed by atoms with Gasteiger partial charge < -0.3 is 5.32 Å². The maximum absolute atomic E-state index is 11.4. The molecule has 0 aliphatic rings. The number of rotatable bonds is 4. The van der Waals surface area contributed by atoms with E-state index in [9.17, 15) is 8.42 Å². The van der Waals surface area contributed by atoms with Gasteiger partial charge in [0.2, 0.25) is 0 Å². The second-order valence-electron chi connectivity index (χ2n) is 5.83. The van der Waals surface area contributed by atoms with Gasteiger partial charge in [0.25, 0.3) is 0 Å². The minimum Gasteiger partial charge on any atom is -0.316 e. The lowest BCUT2D eigenvalue weighted by atomic mass is 9.83. The van der Waals surface area contributed by atoms with E-state index in [2.05, 4.69) is 26.1 Å². The number of hydrogen-bond donors (Lipinski definition) is 1. The maximum atomic E-state index is 11.4. The Kier molecular flexibility index (Phi) is 4.56. The van der Waals surface area contributed by atoms with Crippen LogP contribution in [0.4, 0.5) is 0 Å². The van der Waals surface area contributed by atoms with Gasteiger partial charge in [0, 0.05) is 12.3 Å². The van der Waals surface area contributed by atoms with Gasteiger partial charge in [-0.1, -0.05) is 32.9 Å². The van der Waals surface area contributed by atoms with Crippen LogP contribution in [0, 0.1) is 5.41 Å². The molecule has 0 aliphatic carbocycles. The van der Waals surface area contributed by atoms with E-state index >= 15 is 0 Å². The predicted molar refractivity (Wildman–Crippen MR) is 75.6 cm³/mol. The lowest BCUT2D eigenvalue weighted by molar-refractivity contribution is 0.280. The van der Waals surface area contributed by atoms with Crippen molar-refractivity contribution in [2.24, 2.45) is 5.41 Å². The summed E-state index contributed by atoms with van der Waals surface area (Å²) < 4.78 is 22.7. The van der Waals surface area contributed by atoms with Crippen molar-refractivity contribution < 1.29 is 8.42 Å². The molecule has 0 bridgehead atoms. The lowest BCUT2D eigenvalue weighted by Crippen LogP contribution is -2.39. The summed E-state index contributed by atoms with van der Waals surface area (Å²) >= 11 is 0. The van der Waals surface area contributed by atoms with Crippen molar-refractivity contribution >= 4 is 9.84 Å². The first-order chi connectivity index (χ1) is 8.14. The smallest absolute Gasteiger partial charge is 0.175 e. The SMILES string of the molecule is CNC(Cc1ccc(S(C)(=O)=O)cc1)C(C)(C)C. The average molecular weight is 269 g/mol. The van der Waals surface area contributed by atoms with Gasteiger partial charge in [-0.25, -0.2) is 8.42 Å². The molecular weight excluding hydrogens is 246 g/mol. The van der Waals surface area contributed by atoms with E-state index in [1.165, 1.54) is 6.26 Å². The van der Waals surface area contributed by atoms with Gasteiger partial charge in [-0.2, -0.15) is 0 Å². The van der Waals surface area contributed by atoms with Crippen LogP contribution >= 0.6 is 0 Å². The molecule has 0 spiro atoms. The Morgan fingerprint density at radius 3 is 2.00 bits per heavy atom. The molecule has 0 heterocycles. The van der Waals surface area contributed by atoms with Gasteiger partial charge in [0.05, 0.1) is 4.90 Å². The summed E-state index contributed by atoms with van der Waals surface area (Å²) in [5, 5.41) is 3.32. The molecule has 18 heavy (non-hydrogen) atoms. The standard InChI is InChI=1S/C14H23NO2S/c1-14(2,3)13(15-4)10-11-6-8-12(9-7-11)18(5,16)17/h6-9,13,15H,10H2,1-5H3. The van der Waals surface area contributed by atoms with Crippen molar-refractivity contribution in [3.8, 4) is 0 Å². The molecule has 3 nitrogen and oxygen atoms in total. The topological polar surface area (TPSA) is 46.2 Å². The van der Waals surface area contributed by atoms with E-state index in [0.717, 1.165) is 12.0 Å². The first kappa shape index (κ1) is 15.2. The number of sulfone groups is 1. The highest BCUT2D eigenvalue weighted by Crippen LogP contribution is 2.22.